The summed E-state index contributed by atoms with van der Waals surface area (Å²) in [7, 11) is 1.63. The lowest BCUT2D eigenvalue weighted by Crippen LogP contribution is -2.22. The third kappa shape index (κ3) is 3.18. The quantitative estimate of drug-likeness (QED) is 0.507. The van der Waals surface area contributed by atoms with Crippen molar-refractivity contribution in [2.45, 2.75) is 25.0 Å². The molecule has 1 aromatic carbocycles. The topological polar surface area (TPSA) is 114 Å². The van der Waals surface area contributed by atoms with Crippen LogP contribution in [0.25, 0.3) is 11.2 Å². The molecule has 0 radical (unpaired) electrons. The van der Waals surface area contributed by atoms with Crippen molar-refractivity contribution in [1.82, 2.24) is 34.7 Å². The highest BCUT2D eigenvalue weighted by Gasteiger charge is 2.31. The van der Waals surface area contributed by atoms with Crippen LogP contribution in [0.2, 0.25) is 0 Å². The van der Waals surface area contributed by atoms with Crippen molar-refractivity contribution >= 4 is 11.2 Å². The first-order chi connectivity index (χ1) is 14.1. The Hall–Kier alpha value is -3.47. The van der Waals surface area contributed by atoms with Gasteiger partial charge in [-0.1, -0.05) is 22.5 Å². The van der Waals surface area contributed by atoms with Crippen LogP contribution in [-0.2, 0) is 18.3 Å². The van der Waals surface area contributed by atoms with E-state index in [1.807, 2.05) is 0 Å². The smallest absolute Gasteiger partial charge is 0.281 e. The molecule has 0 N–H and O–H groups in total. The van der Waals surface area contributed by atoms with E-state index in [9.17, 15) is 9.18 Å². The van der Waals surface area contributed by atoms with Crippen molar-refractivity contribution in [3.63, 3.8) is 0 Å². The van der Waals surface area contributed by atoms with Crippen molar-refractivity contribution < 1.29 is 13.7 Å². The highest BCUT2D eigenvalue weighted by atomic mass is 19.1. The van der Waals surface area contributed by atoms with Crippen LogP contribution < -0.4 is 5.56 Å². The van der Waals surface area contributed by atoms with Crippen molar-refractivity contribution in [3.05, 3.63) is 64.0 Å². The Morgan fingerprint density at radius 1 is 1.28 bits per heavy atom. The van der Waals surface area contributed by atoms with E-state index in [0.717, 1.165) is 5.56 Å². The van der Waals surface area contributed by atoms with E-state index in [-0.39, 0.29) is 35.6 Å². The van der Waals surface area contributed by atoms with Crippen LogP contribution in [0.1, 0.15) is 35.7 Å². The predicted octanol–water partition coefficient (Wildman–Crippen LogP) is 1.34. The molecule has 3 aromatic heterocycles. The average molecular weight is 397 g/mol. The normalized spacial score (nSPS) is 19.2. The Morgan fingerprint density at radius 2 is 2.10 bits per heavy atom. The molecule has 0 spiro atoms. The lowest BCUT2D eigenvalue weighted by atomic mass is 10.00. The molecular formula is C18H16FN7O3. The standard InChI is InChI=1S/C18H16FN7O3/c1-25-15-17(22-24-25)20-9-26(18(15)27)7-14-21-16(23-29-14)11-6-13(28-8-11)10-2-4-12(19)5-3-10/h2-5,9,11,13H,6-8H2,1H3/t11-,13+/m0/s1. The van der Waals surface area contributed by atoms with E-state index in [1.54, 1.807) is 19.2 Å². The first-order valence-corrected chi connectivity index (χ1v) is 9.03. The summed E-state index contributed by atoms with van der Waals surface area (Å²) in [5.41, 5.74) is 1.21. The van der Waals surface area contributed by atoms with Gasteiger partial charge in [-0.15, -0.1) is 5.10 Å². The van der Waals surface area contributed by atoms with E-state index in [0.29, 0.717) is 30.3 Å². The average Bonchev–Trinajstić information content (AvgIpc) is 3.45. The van der Waals surface area contributed by atoms with Gasteiger partial charge in [0.05, 0.1) is 12.7 Å². The fraction of sp³-hybridized carbons (Fsp3) is 0.333. The minimum Gasteiger partial charge on any atom is -0.373 e. The molecule has 1 saturated heterocycles. The molecule has 11 heteroatoms. The number of fused-ring (bicyclic) bond motifs is 1. The van der Waals surface area contributed by atoms with E-state index < -0.39 is 0 Å². The van der Waals surface area contributed by atoms with Crippen LogP contribution in [0.3, 0.4) is 0 Å². The van der Waals surface area contributed by atoms with Crippen LogP contribution in [0.15, 0.2) is 39.9 Å². The number of halogens is 1. The molecule has 1 aliphatic heterocycles. The molecule has 5 rings (SSSR count). The minimum absolute atomic E-state index is 0.0406. The van der Waals surface area contributed by atoms with E-state index >= 15 is 0 Å². The van der Waals surface area contributed by atoms with Crippen molar-refractivity contribution in [2.24, 2.45) is 7.05 Å². The number of aryl methyl sites for hydroxylation is 1. The highest BCUT2D eigenvalue weighted by molar-refractivity contribution is 5.67. The maximum absolute atomic E-state index is 13.1. The molecule has 0 bridgehead atoms. The van der Waals surface area contributed by atoms with Crippen LogP contribution in [-0.4, -0.2) is 41.3 Å². The SMILES string of the molecule is Cn1nnc2ncn(Cc3nc([C@@H]4CO[C@@H](c5ccc(F)cc5)C4)no3)c(=O)c21. The summed E-state index contributed by atoms with van der Waals surface area (Å²) in [5, 5.41) is 11.7. The van der Waals surface area contributed by atoms with Gasteiger partial charge >= 0.3 is 0 Å². The Morgan fingerprint density at radius 3 is 2.93 bits per heavy atom. The number of nitrogens with zero attached hydrogens (tertiary/aromatic N) is 7. The Balaban J connectivity index is 1.32. The Kier molecular flexibility index (Phi) is 4.16. The summed E-state index contributed by atoms with van der Waals surface area (Å²) in [6, 6.07) is 6.26. The van der Waals surface area contributed by atoms with Gasteiger partial charge in [0, 0.05) is 13.0 Å². The van der Waals surface area contributed by atoms with E-state index in [1.165, 1.54) is 27.7 Å². The second-order valence-electron chi connectivity index (χ2n) is 6.92. The molecule has 4 heterocycles. The summed E-state index contributed by atoms with van der Waals surface area (Å²) in [6.45, 7) is 0.532. The summed E-state index contributed by atoms with van der Waals surface area (Å²) in [6.07, 6.45) is 1.90. The van der Waals surface area contributed by atoms with E-state index in [4.69, 9.17) is 9.26 Å². The third-order valence-corrected chi connectivity index (χ3v) is 4.99. The number of hydrogen-bond acceptors (Lipinski definition) is 8. The molecule has 10 nitrogen and oxygen atoms in total. The Labute approximate surface area is 162 Å². The van der Waals surface area contributed by atoms with Crippen molar-refractivity contribution in [2.75, 3.05) is 6.61 Å². The fourth-order valence-electron chi connectivity index (χ4n) is 3.45. The lowest BCUT2D eigenvalue weighted by Gasteiger charge is -2.08. The molecule has 0 unspecified atom stereocenters. The first-order valence-electron chi connectivity index (χ1n) is 9.03. The monoisotopic (exact) mass is 397 g/mol. The molecule has 1 fully saturated rings. The Bertz CT molecular complexity index is 1230. The summed E-state index contributed by atoms with van der Waals surface area (Å²) in [4.78, 5) is 21.1. The van der Waals surface area contributed by atoms with Crippen molar-refractivity contribution in [1.29, 1.82) is 0 Å². The number of hydrogen-bond donors (Lipinski definition) is 0. The zero-order valence-electron chi connectivity index (χ0n) is 15.4. The van der Waals surface area contributed by atoms with Gasteiger partial charge in [-0.2, -0.15) is 4.98 Å². The molecule has 148 valence electrons. The maximum atomic E-state index is 13.1. The molecule has 1 aliphatic rings. The number of ether oxygens (including phenoxy) is 1. The lowest BCUT2D eigenvalue weighted by molar-refractivity contribution is 0.110. The van der Waals surface area contributed by atoms with Gasteiger partial charge in [-0.25, -0.2) is 14.1 Å². The van der Waals surface area contributed by atoms with Gasteiger partial charge in [0.2, 0.25) is 11.5 Å². The van der Waals surface area contributed by atoms with E-state index in [2.05, 4.69) is 25.4 Å². The maximum Gasteiger partial charge on any atom is 0.281 e. The summed E-state index contributed by atoms with van der Waals surface area (Å²) in [5.74, 6) is 0.495. The number of rotatable bonds is 4. The summed E-state index contributed by atoms with van der Waals surface area (Å²) >= 11 is 0. The van der Waals surface area contributed by atoms with Gasteiger partial charge in [-0.3, -0.25) is 9.36 Å². The molecule has 0 aliphatic carbocycles. The highest BCUT2D eigenvalue weighted by Crippen LogP contribution is 2.37. The van der Waals surface area contributed by atoms with Crippen molar-refractivity contribution in [3.8, 4) is 0 Å². The summed E-state index contributed by atoms with van der Waals surface area (Å²) < 4.78 is 27.0. The predicted molar refractivity (Wildman–Crippen MR) is 96.4 cm³/mol. The second-order valence-corrected chi connectivity index (χ2v) is 6.92. The van der Waals surface area contributed by atoms with Gasteiger partial charge < -0.3 is 9.26 Å². The molecular weight excluding hydrogens is 381 g/mol. The fourth-order valence-corrected chi connectivity index (χ4v) is 3.45. The van der Waals surface area contributed by atoms with Gasteiger partial charge in [0.25, 0.3) is 5.56 Å². The zero-order chi connectivity index (χ0) is 20.0. The third-order valence-electron chi connectivity index (χ3n) is 4.99. The molecule has 29 heavy (non-hydrogen) atoms. The number of benzene rings is 1. The van der Waals surface area contributed by atoms with Crippen LogP contribution in [0.4, 0.5) is 4.39 Å². The molecule has 4 aromatic rings. The number of aromatic nitrogens is 7. The van der Waals surface area contributed by atoms with Crippen LogP contribution >= 0.6 is 0 Å². The van der Waals surface area contributed by atoms with Gasteiger partial charge in [0.15, 0.2) is 11.3 Å². The minimum atomic E-state index is -0.289. The molecule has 2 atom stereocenters. The van der Waals surface area contributed by atoms with Gasteiger partial charge in [0.1, 0.15) is 18.7 Å². The first kappa shape index (κ1) is 17.6. The molecule has 0 saturated carbocycles. The van der Waals surface area contributed by atoms with Crippen LogP contribution in [0, 0.1) is 5.82 Å². The molecule has 0 amide bonds. The largest absolute Gasteiger partial charge is 0.373 e. The zero-order valence-corrected chi connectivity index (χ0v) is 15.4. The van der Waals surface area contributed by atoms with Gasteiger partial charge in [-0.05, 0) is 24.1 Å². The second kappa shape index (κ2) is 6.85. The van der Waals surface area contributed by atoms with Crippen LogP contribution in [0.5, 0.6) is 0 Å².